The van der Waals surface area contributed by atoms with E-state index in [1.807, 2.05) is 19.9 Å². The minimum absolute atomic E-state index is 0.0468. The molecule has 2 rings (SSSR count). The van der Waals surface area contributed by atoms with Gasteiger partial charge in [0.2, 0.25) is 10.0 Å². The first-order chi connectivity index (χ1) is 9.61. The maximum Gasteiger partial charge on any atom is 0.241 e. The number of sulfonamides is 1. The Morgan fingerprint density at radius 1 is 1.29 bits per heavy atom. The first kappa shape index (κ1) is 16.5. The third-order valence-electron chi connectivity index (χ3n) is 3.72. The quantitative estimate of drug-likeness (QED) is 0.908. The molecule has 118 valence electrons. The molecule has 0 radical (unpaired) electrons. The van der Waals surface area contributed by atoms with E-state index in [9.17, 15) is 16.8 Å². The molecule has 21 heavy (non-hydrogen) atoms. The molecule has 0 saturated carbocycles. The van der Waals surface area contributed by atoms with Crippen LogP contribution in [0.3, 0.4) is 0 Å². The molecule has 7 heteroatoms. The molecule has 1 atom stereocenters. The molecule has 1 aliphatic rings. The number of nitrogens with one attached hydrogen (secondary N) is 1. The summed E-state index contributed by atoms with van der Waals surface area (Å²) >= 11 is 0. The molecule has 0 aromatic heterocycles. The molecule has 1 aromatic rings. The van der Waals surface area contributed by atoms with Gasteiger partial charge in [0.15, 0.2) is 9.84 Å². The van der Waals surface area contributed by atoms with Crippen LogP contribution < -0.4 is 4.72 Å². The molecule has 0 aliphatic carbocycles. The molecule has 1 unspecified atom stereocenters. The van der Waals surface area contributed by atoms with Crippen LogP contribution in [0.1, 0.15) is 37.3 Å². The van der Waals surface area contributed by atoms with Gasteiger partial charge in [0.25, 0.3) is 0 Å². The van der Waals surface area contributed by atoms with Crippen molar-refractivity contribution in [3.05, 3.63) is 29.3 Å². The Hall–Kier alpha value is -0.920. The zero-order chi connectivity index (χ0) is 15.8. The Morgan fingerprint density at radius 3 is 2.48 bits per heavy atom. The van der Waals surface area contributed by atoms with E-state index in [1.165, 1.54) is 0 Å². The van der Waals surface area contributed by atoms with Gasteiger partial charge in [0.05, 0.1) is 16.4 Å². The second-order valence-electron chi connectivity index (χ2n) is 5.90. The summed E-state index contributed by atoms with van der Waals surface area (Å²) in [4.78, 5) is 0.234. The molecule has 0 bridgehead atoms. The van der Waals surface area contributed by atoms with Crippen LogP contribution in [0.25, 0.3) is 0 Å². The van der Waals surface area contributed by atoms with Crippen molar-refractivity contribution in [1.82, 2.24) is 4.72 Å². The second kappa shape index (κ2) is 5.70. The highest BCUT2D eigenvalue weighted by molar-refractivity contribution is 7.92. The lowest BCUT2D eigenvalue weighted by molar-refractivity contribution is 0.561. The monoisotopic (exact) mass is 331 g/mol. The van der Waals surface area contributed by atoms with Crippen molar-refractivity contribution in [3.63, 3.8) is 0 Å². The molecule has 1 saturated heterocycles. The van der Waals surface area contributed by atoms with Gasteiger partial charge in [-0.25, -0.2) is 21.6 Å². The van der Waals surface area contributed by atoms with Gasteiger partial charge >= 0.3 is 0 Å². The molecule has 5 nitrogen and oxygen atoms in total. The third-order valence-corrected chi connectivity index (χ3v) is 7.15. The zero-order valence-electron chi connectivity index (χ0n) is 12.5. The molecule has 0 spiro atoms. The fraction of sp³-hybridized carbons (Fsp3) is 0.571. The van der Waals surface area contributed by atoms with Crippen molar-refractivity contribution in [2.75, 3.05) is 11.5 Å². The van der Waals surface area contributed by atoms with Gasteiger partial charge in [0.1, 0.15) is 0 Å². The van der Waals surface area contributed by atoms with Crippen molar-refractivity contribution in [3.8, 4) is 0 Å². The van der Waals surface area contributed by atoms with E-state index >= 15 is 0 Å². The Kier molecular flexibility index (Phi) is 4.46. The molecule has 1 aliphatic heterocycles. The molecule has 1 N–H and O–H groups in total. The summed E-state index contributed by atoms with van der Waals surface area (Å²) in [6.07, 6.45) is 0.338. The van der Waals surface area contributed by atoms with Gasteiger partial charge in [-0.15, -0.1) is 0 Å². The SMILES string of the molecule is Cc1ccc(C(C)C)cc1S(=O)(=O)NC1CCS(=O)(=O)C1. The van der Waals surface area contributed by atoms with Crippen LogP contribution in [0.5, 0.6) is 0 Å². The minimum atomic E-state index is -3.70. The van der Waals surface area contributed by atoms with Crippen molar-refractivity contribution >= 4 is 19.9 Å². The van der Waals surface area contributed by atoms with Crippen LogP contribution in [0.15, 0.2) is 23.1 Å². The number of rotatable bonds is 4. The van der Waals surface area contributed by atoms with E-state index in [4.69, 9.17) is 0 Å². The van der Waals surface area contributed by atoms with Crippen LogP contribution >= 0.6 is 0 Å². The van der Waals surface area contributed by atoms with E-state index < -0.39 is 25.9 Å². The topological polar surface area (TPSA) is 80.3 Å². The van der Waals surface area contributed by atoms with Crippen molar-refractivity contribution in [2.45, 2.75) is 44.0 Å². The van der Waals surface area contributed by atoms with E-state index in [1.54, 1.807) is 19.1 Å². The lowest BCUT2D eigenvalue weighted by atomic mass is 10.0. The summed E-state index contributed by atoms with van der Waals surface area (Å²) in [7, 11) is -6.80. The van der Waals surface area contributed by atoms with Crippen molar-refractivity contribution in [1.29, 1.82) is 0 Å². The average molecular weight is 331 g/mol. The van der Waals surface area contributed by atoms with Gasteiger partial charge < -0.3 is 0 Å². The fourth-order valence-corrected chi connectivity index (χ4v) is 5.77. The Labute approximate surface area is 126 Å². The predicted molar refractivity (Wildman–Crippen MR) is 82.6 cm³/mol. The van der Waals surface area contributed by atoms with Crippen molar-refractivity contribution in [2.24, 2.45) is 0 Å². The summed E-state index contributed by atoms with van der Waals surface area (Å²) in [5.74, 6) is 0.159. The van der Waals surface area contributed by atoms with Crippen LogP contribution in [0.2, 0.25) is 0 Å². The highest BCUT2D eigenvalue weighted by atomic mass is 32.2. The number of sulfone groups is 1. The molecular formula is C14H21NO4S2. The molecular weight excluding hydrogens is 310 g/mol. The van der Waals surface area contributed by atoms with Gasteiger partial charge in [-0.1, -0.05) is 26.0 Å². The summed E-state index contributed by atoms with van der Waals surface area (Å²) in [6.45, 7) is 5.74. The van der Waals surface area contributed by atoms with Gasteiger partial charge in [0, 0.05) is 6.04 Å². The molecule has 1 heterocycles. The van der Waals surface area contributed by atoms with Crippen LogP contribution in [0.4, 0.5) is 0 Å². The van der Waals surface area contributed by atoms with Gasteiger partial charge in [-0.3, -0.25) is 0 Å². The third kappa shape index (κ3) is 3.84. The smallest absolute Gasteiger partial charge is 0.229 e. The summed E-state index contributed by atoms with van der Waals surface area (Å²) < 4.78 is 50.4. The first-order valence-corrected chi connectivity index (χ1v) is 10.2. The normalized spacial score (nSPS) is 21.8. The summed E-state index contributed by atoms with van der Waals surface area (Å²) in [5, 5.41) is 0. The fourth-order valence-electron chi connectivity index (χ4n) is 2.44. The molecule has 1 aromatic carbocycles. The average Bonchev–Trinajstić information content (AvgIpc) is 2.67. The number of benzene rings is 1. The maximum absolute atomic E-state index is 12.5. The van der Waals surface area contributed by atoms with Crippen LogP contribution in [-0.2, 0) is 19.9 Å². The number of hydrogen-bond donors (Lipinski definition) is 1. The highest BCUT2D eigenvalue weighted by Crippen LogP contribution is 2.23. The van der Waals surface area contributed by atoms with Gasteiger partial charge in [-0.2, -0.15) is 0 Å². The summed E-state index contributed by atoms with van der Waals surface area (Å²) in [5.41, 5.74) is 1.60. The lowest BCUT2D eigenvalue weighted by Crippen LogP contribution is -2.36. The Bertz CT molecular complexity index is 736. The minimum Gasteiger partial charge on any atom is -0.229 e. The second-order valence-corrected chi connectivity index (χ2v) is 9.81. The first-order valence-electron chi connectivity index (χ1n) is 6.94. The number of aryl methyl sites for hydroxylation is 1. The summed E-state index contributed by atoms with van der Waals surface area (Å²) in [6, 6.07) is 4.85. The Balaban J connectivity index is 2.30. The largest absolute Gasteiger partial charge is 0.241 e. The maximum atomic E-state index is 12.5. The van der Waals surface area contributed by atoms with Gasteiger partial charge in [-0.05, 0) is 36.5 Å². The zero-order valence-corrected chi connectivity index (χ0v) is 14.1. The molecule has 1 fully saturated rings. The molecule has 0 amide bonds. The van der Waals surface area contributed by atoms with E-state index in [0.29, 0.717) is 12.0 Å². The van der Waals surface area contributed by atoms with E-state index in [-0.39, 0.29) is 22.3 Å². The predicted octanol–water partition coefficient (Wildman–Crippen LogP) is 1.58. The van der Waals surface area contributed by atoms with E-state index in [0.717, 1.165) is 5.56 Å². The highest BCUT2D eigenvalue weighted by Gasteiger charge is 2.32. The lowest BCUT2D eigenvalue weighted by Gasteiger charge is -2.15. The van der Waals surface area contributed by atoms with Crippen LogP contribution in [-0.4, -0.2) is 34.4 Å². The Morgan fingerprint density at radius 2 is 1.95 bits per heavy atom. The van der Waals surface area contributed by atoms with E-state index in [2.05, 4.69) is 4.72 Å². The van der Waals surface area contributed by atoms with Crippen molar-refractivity contribution < 1.29 is 16.8 Å². The number of hydrogen-bond acceptors (Lipinski definition) is 4. The van der Waals surface area contributed by atoms with Crippen LogP contribution in [0, 0.1) is 6.92 Å². The standard InChI is InChI=1S/C14H21NO4S2/c1-10(2)12-5-4-11(3)14(8-12)21(18,19)15-13-6-7-20(16,17)9-13/h4-5,8,10,13,15H,6-7,9H2,1-3H3.